The second-order valence-electron chi connectivity index (χ2n) is 8.07. The second-order valence-corrected chi connectivity index (χ2v) is 10.3. The molecule has 1 saturated carbocycles. The number of rotatable bonds is 8. The zero-order chi connectivity index (χ0) is 21.1. The molecule has 2 aromatic rings. The van der Waals surface area contributed by atoms with Crippen LogP contribution in [0.15, 0.2) is 28.5 Å². The standard InChI is InChI=1S/C23H31NO4S2/c1-3-14-5-6-16(9-22(14)29-4-2)27-12-18-17-7-8-20(28-21(17)10-19(18)26)23-24-15(11-25)13-30-23/h5-6,9,13,17-21,25-26H,3-4,7-8,10-12H2,1-2H3/t17-,18-,19+,20-,21+/m1/s1. The van der Waals surface area contributed by atoms with Crippen molar-refractivity contribution in [1.29, 1.82) is 0 Å². The Kier molecular flexibility index (Phi) is 7.36. The summed E-state index contributed by atoms with van der Waals surface area (Å²) in [5, 5.41) is 22.8. The van der Waals surface area contributed by atoms with Crippen LogP contribution in [0, 0.1) is 11.8 Å². The van der Waals surface area contributed by atoms with Crippen LogP contribution in [0.4, 0.5) is 0 Å². The minimum absolute atomic E-state index is 0.0290. The zero-order valence-electron chi connectivity index (χ0n) is 17.6. The van der Waals surface area contributed by atoms with Crippen molar-refractivity contribution in [1.82, 2.24) is 4.98 Å². The lowest BCUT2D eigenvalue weighted by Crippen LogP contribution is -2.33. The molecule has 0 spiro atoms. The molecule has 7 heteroatoms. The number of benzene rings is 1. The van der Waals surface area contributed by atoms with Crippen LogP contribution in [-0.2, 0) is 17.8 Å². The Labute approximate surface area is 186 Å². The van der Waals surface area contributed by atoms with E-state index in [0.29, 0.717) is 24.6 Å². The number of hydrogen-bond acceptors (Lipinski definition) is 7. The SMILES string of the molecule is CCSc1cc(OC[C@@H]2[C@H]3CC[C@H](c4nc(CO)cs4)O[C@H]3C[C@@H]2O)ccc1CC. The van der Waals surface area contributed by atoms with Crippen LogP contribution in [0.2, 0.25) is 0 Å². The van der Waals surface area contributed by atoms with E-state index in [4.69, 9.17) is 9.47 Å². The Bertz CT molecular complexity index is 842. The highest BCUT2D eigenvalue weighted by Crippen LogP contribution is 2.46. The fourth-order valence-electron chi connectivity index (χ4n) is 4.69. The molecule has 2 aliphatic rings. The number of aryl methyl sites for hydroxylation is 1. The third kappa shape index (κ3) is 4.70. The molecule has 0 amide bonds. The Morgan fingerprint density at radius 2 is 2.17 bits per heavy atom. The maximum atomic E-state index is 10.7. The van der Waals surface area contributed by atoms with E-state index in [1.807, 2.05) is 23.2 Å². The fraction of sp³-hybridized carbons (Fsp3) is 0.609. The number of fused-ring (bicyclic) bond motifs is 1. The van der Waals surface area contributed by atoms with Gasteiger partial charge in [-0.15, -0.1) is 23.1 Å². The average molecular weight is 450 g/mol. The third-order valence-corrected chi connectivity index (χ3v) is 8.23. The quantitative estimate of drug-likeness (QED) is 0.574. The highest BCUT2D eigenvalue weighted by molar-refractivity contribution is 7.99. The van der Waals surface area contributed by atoms with Crippen LogP contribution < -0.4 is 4.74 Å². The van der Waals surface area contributed by atoms with Gasteiger partial charge in [0.1, 0.15) is 16.9 Å². The van der Waals surface area contributed by atoms with Crippen molar-refractivity contribution < 1.29 is 19.7 Å². The zero-order valence-corrected chi connectivity index (χ0v) is 19.3. The summed E-state index contributed by atoms with van der Waals surface area (Å²) in [6.07, 6.45) is 3.18. The van der Waals surface area contributed by atoms with E-state index in [1.54, 1.807) is 11.3 Å². The van der Waals surface area contributed by atoms with Crippen molar-refractivity contribution >= 4 is 23.1 Å². The smallest absolute Gasteiger partial charge is 0.122 e. The first-order valence-corrected chi connectivity index (χ1v) is 12.8. The molecule has 1 aromatic heterocycles. The van der Waals surface area contributed by atoms with E-state index in [9.17, 15) is 10.2 Å². The van der Waals surface area contributed by atoms with E-state index in [2.05, 4.69) is 31.0 Å². The molecule has 1 aromatic carbocycles. The Morgan fingerprint density at radius 3 is 2.90 bits per heavy atom. The van der Waals surface area contributed by atoms with Gasteiger partial charge in [-0.05, 0) is 48.6 Å². The molecule has 1 aliphatic heterocycles. The molecule has 164 valence electrons. The summed E-state index contributed by atoms with van der Waals surface area (Å²) in [7, 11) is 0. The first-order chi connectivity index (χ1) is 14.6. The predicted molar refractivity (Wildman–Crippen MR) is 120 cm³/mol. The summed E-state index contributed by atoms with van der Waals surface area (Å²) in [6, 6.07) is 6.34. The van der Waals surface area contributed by atoms with Crippen molar-refractivity contribution in [2.24, 2.45) is 11.8 Å². The molecule has 2 N–H and O–H groups in total. The van der Waals surface area contributed by atoms with E-state index >= 15 is 0 Å². The Hall–Kier alpha value is -1.12. The third-order valence-electron chi connectivity index (χ3n) is 6.27. The fourth-order valence-corrected chi connectivity index (χ4v) is 6.47. The van der Waals surface area contributed by atoms with Gasteiger partial charge >= 0.3 is 0 Å². The van der Waals surface area contributed by atoms with E-state index < -0.39 is 6.10 Å². The number of aromatic nitrogens is 1. The minimum Gasteiger partial charge on any atom is -0.493 e. The topological polar surface area (TPSA) is 71.8 Å². The van der Waals surface area contributed by atoms with Gasteiger partial charge in [0, 0.05) is 22.6 Å². The molecule has 2 heterocycles. The number of thioether (sulfide) groups is 1. The average Bonchev–Trinajstić information content (AvgIpc) is 3.36. The van der Waals surface area contributed by atoms with Gasteiger partial charge in [0.2, 0.25) is 0 Å². The van der Waals surface area contributed by atoms with Crippen LogP contribution in [0.1, 0.15) is 55.5 Å². The number of ether oxygens (including phenoxy) is 2. The van der Waals surface area contributed by atoms with Gasteiger partial charge in [-0.3, -0.25) is 0 Å². The van der Waals surface area contributed by atoms with Crippen LogP contribution in [0.25, 0.3) is 0 Å². The molecule has 5 nitrogen and oxygen atoms in total. The normalized spacial score (nSPS) is 28.5. The first-order valence-electron chi connectivity index (χ1n) is 10.9. The number of hydrogen-bond donors (Lipinski definition) is 2. The number of nitrogens with zero attached hydrogens (tertiary/aromatic N) is 1. The van der Waals surface area contributed by atoms with Crippen LogP contribution in [0.3, 0.4) is 0 Å². The second kappa shape index (κ2) is 10.0. The molecule has 30 heavy (non-hydrogen) atoms. The molecule has 1 aliphatic carbocycles. The number of aliphatic hydroxyl groups excluding tert-OH is 2. The summed E-state index contributed by atoms with van der Waals surface area (Å²) in [5.74, 6) is 2.33. The largest absolute Gasteiger partial charge is 0.493 e. The van der Waals surface area contributed by atoms with Crippen LogP contribution in [-0.4, -0.2) is 39.8 Å². The maximum Gasteiger partial charge on any atom is 0.122 e. The van der Waals surface area contributed by atoms with E-state index in [-0.39, 0.29) is 24.7 Å². The van der Waals surface area contributed by atoms with Crippen molar-refractivity contribution in [3.8, 4) is 5.75 Å². The maximum absolute atomic E-state index is 10.7. The van der Waals surface area contributed by atoms with Crippen LogP contribution >= 0.6 is 23.1 Å². The lowest BCUT2D eigenvalue weighted by molar-refractivity contribution is -0.0812. The van der Waals surface area contributed by atoms with E-state index in [1.165, 1.54) is 10.5 Å². The number of aliphatic hydroxyl groups is 2. The number of thiazole rings is 1. The lowest BCUT2D eigenvalue weighted by atomic mass is 9.87. The summed E-state index contributed by atoms with van der Waals surface area (Å²) in [5.41, 5.74) is 2.06. The van der Waals surface area contributed by atoms with Crippen molar-refractivity contribution in [2.75, 3.05) is 12.4 Å². The first kappa shape index (κ1) is 22.1. The molecular formula is C23H31NO4S2. The molecule has 2 fully saturated rings. The van der Waals surface area contributed by atoms with E-state index in [0.717, 1.165) is 35.8 Å². The van der Waals surface area contributed by atoms with Crippen molar-refractivity contribution in [3.05, 3.63) is 39.8 Å². The molecule has 0 unspecified atom stereocenters. The summed E-state index contributed by atoms with van der Waals surface area (Å²) in [4.78, 5) is 5.76. The van der Waals surface area contributed by atoms with Crippen LogP contribution in [0.5, 0.6) is 5.75 Å². The monoisotopic (exact) mass is 449 g/mol. The van der Waals surface area contributed by atoms with Crippen molar-refractivity contribution in [2.45, 2.75) is 69.3 Å². The molecule has 0 radical (unpaired) electrons. The summed E-state index contributed by atoms with van der Waals surface area (Å²) in [6.45, 7) is 4.83. The Morgan fingerprint density at radius 1 is 1.30 bits per heavy atom. The molecular weight excluding hydrogens is 418 g/mol. The summed E-state index contributed by atoms with van der Waals surface area (Å²) < 4.78 is 12.5. The highest BCUT2D eigenvalue weighted by atomic mass is 32.2. The van der Waals surface area contributed by atoms with Gasteiger partial charge in [0.05, 0.1) is 31.1 Å². The van der Waals surface area contributed by atoms with Gasteiger partial charge in [0.15, 0.2) is 0 Å². The van der Waals surface area contributed by atoms with Gasteiger partial charge in [-0.2, -0.15) is 0 Å². The van der Waals surface area contributed by atoms with Gasteiger partial charge in [0.25, 0.3) is 0 Å². The molecule has 0 bridgehead atoms. The predicted octanol–water partition coefficient (Wildman–Crippen LogP) is 4.61. The van der Waals surface area contributed by atoms with Gasteiger partial charge in [-0.25, -0.2) is 4.98 Å². The minimum atomic E-state index is -0.401. The highest BCUT2D eigenvalue weighted by Gasteiger charge is 2.47. The molecule has 1 saturated heterocycles. The molecule has 5 atom stereocenters. The van der Waals surface area contributed by atoms with Crippen molar-refractivity contribution in [3.63, 3.8) is 0 Å². The lowest BCUT2D eigenvalue weighted by Gasteiger charge is -2.33. The summed E-state index contributed by atoms with van der Waals surface area (Å²) >= 11 is 3.40. The Balaban J connectivity index is 1.38. The molecule has 4 rings (SSSR count). The van der Waals surface area contributed by atoms with Gasteiger partial charge in [-0.1, -0.05) is 19.9 Å². The van der Waals surface area contributed by atoms with Gasteiger partial charge < -0.3 is 19.7 Å².